The SMILES string of the molecule is CCCCCCN(C)C(CC(OC(=O)NCCNC(=O)CNC(=O)CNC(=O)CNC(=O)CCOCCOCCOCCOCCNC(=O)CCC=O)c1nc(C=O)cs1)C(C)C. The molecule has 0 radical (unpaired) electrons. The molecule has 0 saturated heterocycles. The molecule has 0 fully saturated rings. The highest BCUT2D eigenvalue weighted by molar-refractivity contribution is 7.09. The third-order valence-corrected chi connectivity index (χ3v) is 10.00. The number of aldehydes is 2. The summed E-state index contributed by atoms with van der Waals surface area (Å²) in [4.78, 5) is 101. The van der Waals surface area contributed by atoms with E-state index in [9.17, 15) is 38.4 Å². The molecule has 0 aromatic carbocycles. The first-order chi connectivity index (χ1) is 30.4. The third kappa shape index (κ3) is 30.2. The van der Waals surface area contributed by atoms with Gasteiger partial charge in [-0.1, -0.05) is 40.0 Å². The van der Waals surface area contributed by atoms with Crippen LogP contribution in [-0.2, 0) is 52.5 Å². The zero-order valence-corrected chi connectivity index (χ0v) is 38.2. The largest absolute Gasteiger partial charge is 0.439 e. The summed E-state index contributed by atoms with van der Waals surface area (Å²) in [5, 5.41) is 17.1. The second-order valence-electron chi connectivity index (χ2n) is 14.6. The van der Waals surface area contributed by atoms with E-state index in [0.717, 1.165) is 25.8 Å². The Morgan fingerprint density at radius 3 is 1.79 bits per heavy atom. The molecular formula is C41H70N8O13S. The van der Waals surface area contributed by atoms with Crippen LogP contribution in [-0.4, -0.2) is 170 Å². The van der Waals surface area contributed by atoms with Crippen LogP contribution in [0.25, 0.3) is 0 Å². The molecule has 1 heterocycles. The fourth-order valence-electron chi connectivity index (χ4n) is 5.65. The third-order valence-electron chi connectivity index (χ3n) is 9.04. The van der Waals surface area contributed by atoms with E-state index in [4.69, 9.17) is 23.7 Å². The maximum absolute atomic E-state index is 12.8. The summed E-state index contributed by atoms with van der Waals surface area (Å²) in [7, 11) is 2.06. The Hall–Kier alpha value is -4.61. The van der Waals surface area contributed by atoms with E-state index in [2.05, 4.69) is 69.6 Å². The fraction of sp³-hybridized carbons (Fsp3) is 0.732. The second kappa shape index (κ2) is 36.8. The van der Waals surface area contributed by atoms with Gasteiger partial charge in [0.2, 0.25) is 29.5 Å². The maximum Gasteiger partial charge on any atom is 0.407 e. The summed E-state index contributed by atoms with van der Waals surface area (Å²) in [5.74, 6) is -2.10. The number of aromatic nitrogens is 1. The predicted octanol–water partition coefficient (Wildman–Crippen LogP) is 0.666. The Morgan fingerprint density at radius 2 is 1.22 bits per heavy atom. The molecule has 0 aliphatic rings. The molecule has 63 heavy (non-hydrogen) atoms. The van der Waals surface area contributed by atoms with Crippen molar-refractivity contribution in [2.24, 2.45) is 5.92 Å². The highest BCUT2D eigenvalue weighted by Gasteiger charge is 2.29. The van der Waals surface area contributed by atoms with E-state index in [1.165, 1.54) is 17.8 Å². The van der Waals surface area contributed by atoms with Gasteiger partial charge in [-0.2, -0.15) is 0 Å². The van der Waals surface area contributed by atoms with Crippen LogP contribution in [0.15, 0.2) is 5.38 Å². The number of alkyl carbamates (subject to hydrolysis) is 1. The Bertz CT molecular complexity index is 1490. The fourth-order valence-corrected chi connectivity index (χ4v) is 6.46. The molecule has 2 atom stereocenters. The molecule has 1 rings (SSSR count). The van der Waals surface area contributed by atoms with Crippen LogP contribution in [0.2, 0.25) is 0 Å². The van der Waals surface area contributed by atoms with E-state index in [1.807, 2.05) is 0 Å². The molecule has 6 N–H and O–H groups in total. The van der Waals surface area contributed by atoms with Crippen LogP contribution < -0.4 is 31.9 Å². The lowest BCUT2D eigenvalue weighted by atomic mass is 9.96. The van der Waals surface area contributed by atoms with Crippen LogP contribution in [0.5, 0.6) is 0 Å². The number of nitrogens with one attached hydrogen (secondary N) is 6. The molecule has 2 unspecified atom stereocenters. The lowest BCUT2D eigenvalue weighted by Gasteiger charge is -2.33. The quantitative estimate of drug-likeness (QED) is 0.0392. The lowest BCUT2D eigenvalue weighted by molar-refractivity contribution is -0.128. The van der Waals surface area contributed by atoms with E-state index < -0.39 is 42.4 Å². The topological polar surface area (TPSA) is 271 Å². The molecule has 21 nitrogen and oxygen atoms in total. The van der Waals surface area contributed by atoms with Crippen molar-refractivity contribution < 1.29 is 62.0 Å². The number of hydrogen-bond donors (Lipinski definition) is 6. The van der Waals surface area contributed by atoms with Gasteiger partial charge in [-0.05, 0) is 25.9 Å². The molecule has 6 amide bonds. The number of rotatable bonds is 39. The van der Waals surface area contributed by atoms with Gasteiger partial charge in [-0.25, -0.2) is 9.78 Å². The van der Waals surface area contributed by atoms with Crippen molar-refractivity contribution in [3.8, 4) is 0 Å². The monoisotopic (exact) mass is 914 g/mol. The average molecular weight is 915 g/mol. The maximum atomic E-state index is 12.8. The van der Waals surface area contributed by atoms with Gasteiger partial charge in [0.05, 0.1) is 72.5 Å². The van der Waals surface area contributed by atoms with E-state index >= 15 is 0 Å². The van der Waals surface area contributed by atoms with Gasteiger partial charge in [0, 0.05) is 56.7 Å². The molecule has 0 aliphatic carbocycles. The van der Waals surface area contributed by atoms with Crippen LogP contribution >= 0.6 is 11.3 Å². The van der Waals surface area contributed by atoms with Crippen LogP contribution in [0, 0.1) is 5.92 Å². The standard InChI is InChI=1S/C41H70N8O13S/c1-5-6-7-8-15-49(4)33(31(2)3)25-34(40-48-32(29-51)30-63-40)62-41(57)44-13-12-42-37(54)26-46-39(56)28-47-38(55)27-45-36(53)11-17-58-19-21-60-23-24-61-22-20-59-18-14-43-35(52)10-9-16-50/h16,29-31,33-34H,5-15,17-28H2,1-4H3,(H,42,54)(H,43,52)(H,44,57)(H,45,53)(H,46,56)(H,47,55). The van der Waals surface area contributed by atoms with Gasteiger partial charge in [0.25, 0.3) is 0 Å². The van der Waals surface area contributed by atoms with Gasteiger partial charge in [0.15, 0.2) is 12.4 Å². The minimum atomic E-state index is -0.703. The zero-order valence-electron chi connectivity index (χ0n) is 37.3. The van der Waals surface area contributed by atoms with Gasteiger partial charge >= 0.3 is 6.09 Å². The van der Waals surface area contributed by atoms with Gasteiger partial charge < -0.3 is 65.3 Å². The van der Waals surface area contributed by atoms with Gasteiger partial charge in [-0.3, -0.25) is 28.8 Å². The molecule has 0 bridgehead atoms. The van der Waals surface area contributed by atoms with Crippen molar-refractivity contribution >= 4 is 59.5 Å². The van der Waals surface area contributed by atoms with Crippen LogP contribution in [0.4, 0.5) is 4.79 Å². The number of ether oxygens (including phenoxy) is 5. The number of hydrogen-bond acceptors (Lipinski definition) is 16. The Morgan fingerprint density at radius 1 is 0.683 bits per heavy atom. The van der Waals surface area contributed by atoms with Gasteiger partial charge in [-0.15, -0.1) is 11.3 Å². The number of nitrogens with zero attached hydrogens (tertiary/aromatic N) is 2. The van der Waals surface area contributed by atoms with Crippen LogP contribution in [0.3, 0.4) is 0 Å². The predicted molar refractivity (Wildman–Crippen MR) is 233 cm³/mol. The first-order valence-electron chi connectivity index (χ1n) is 21.5. The van der Waals surface area contributed by atoms with E-state index in [0.29, 0.717) is 70.2 Å². The van der Waals surface area contributed by atoms with E-state index in [1.54, 1.807) is 5.38 Å². The molecule has 22 heteroatoms. The van der Waals surface area contributed by atoms with Crippen molar-refractivity contribution in [1.82, 2.24) is 41.8 Å². The minimum absolute atomic E-state index is 0.0113. The molecule has 1 aromatic heterocycles. The van der Waals surface area contributed by atoms with Crippen molar-refractivity contribution in [2.75, 3.05) is 106 Å². The first kappa shape index (κ1) is 56.4. The molecule has 0 saturated carbocycles. The summed E-state index contributed by atoms with van der Waals surface area (Å²) >= 11 is 1.25. The van der Waals surface area contributed by atoms with Crippen LogP contribution in [0.1, 0.15) is 93.7 Å². The molecule has 0 aliphatic heterocycles. The Balaban J connectivity index is 2.16. The number of carbonyl (C=O) groups is 8. The highest BCUT2D eigenvalue weighted by Crippen LogP contribution is 2.30. The molecular weight excluding hydrogens is 845 g/mol. The number of unbranched alkanes of at least 4 members (excludes halogenated alkanes) is 3. The lowest BCUT2D eigenvalue weighted by Crippen LogP contribution is -2.45. The second-order valence-corrected chi connectivity index (χ2v) is 15.5. The summed E-state index contributed by atoms with van der Waals surface area (Å²) in [6.07, 6.45) is 5.35. The molecule has 358 valence electrons. The number of amides is 6. The zero-order chi connectivity index (χ0) is 46.5. The van der Waals surface area contributed by atoms with E-state index in [-0.39, 0.29) is 82.2 Å². The van der Waals surface area contributed by atoms with Crippen molar-refractivity contribution in [3.63, 3.8) is 0 Å². The Kier molecular flexibility index (Phi) is 33.0. The molecule has 0 spiro atoms. The van der Waals surface area contributed by atoms with Gasteiger partial charge in [0.1, 0.15) is 17.0 Å². The number of carbonyl (C=O) groups excluding carboxylic acids is 8. The highest BCUT2D eigenvalue weighted by atomic mass is 32.1. The average Bonchev–Trinajstić information content (AvgIpc) is 3.75. The minimum Gasteiger partial charge on any atom is -0.439 e. The normalized spacial score (nSPS) is 12.0. The number of thiazole rings is 1. The summed E-state index contributed by atoms with van der Waals surface area (Å²) in [5.41, 5.74) is 0.268. The summed E-state index contributed by atoms with van der Waals surface area (Å²) in [6.45, 7) is 9.05. The van der Waals surface area contributed by atoms with Crippen molar-refractivity contribution in [2.45, 2.75) is 84.3 Å². The first-order valence-corrected chi connectivity index (χ1v) is 22.4. The van der Waals surface area contributed by atoms with Crippen molar-refractivity contribution in [3.05, 3.63) is 16.1 Å². The summed E-state index contributed by atoms with van der Waals surface area (Å²) < 4.78 is 27.2. The summed E-state index contributed by atoms with van der Waals surface area (Å²) in [6, 6.07) is 0.0900. The van der Waals surface area contributed by atoms with Crippen molar-refractivity contribution in [1.29, 1.82) is 0 Å². The smallest absolute Gasteiger partial charge is 0.407 e. The molecule has 1 aromatic rings. The Labute approximate surface area is 374 Å².